The number of hydrogen-bond acceptors (Lipinski definition) is 10. The molecule has 0 saturated carbocycles. The van der Waals surface area contributed by atoms with Gasteiger partial charge in [-0.25, -0.2) is 9.79 Å². The van der Waals surface area contributed by atoms with Crippen molar-refractivity contribution in [1.29, 1.82) is 0 Å². The maximum atomic E-state index is 14.0. The van der Waals surface area contributed by atoms with Gasteiger partial charge in [-0.2, -0.15) is 0 Å². The summed E-state index contributed by atoms with van der Waals surface area (Å²) in [6.07, 6.45) is 1.68. The zero-order valence-electron chi connectivity index (χ0n) is 22.7. The van der Waals surface area contributed by atoms with Gasteiger partial charge in [-0.3, -0.25) is 14.2 Å². The molecule has 1 atom stereocenters. The van der Waals surface area contributed by atoms with Gasteiger partial charge in [0, 0.05) is 12.5 Å². The third-order valence-corrected chi connectivity index (χ3v) is 7.62. The second-order valence-corrected chi connectivity index (χ2v) is 10.4. The highest BCUT2D eigenvalue weighted by Crippen LogP contribution is 2.39. The zero-order chi connectivity index (χ0) is 29.1. The predicted octanol–water partition coefficient (Wildman–Crippen LogP) is 3.51. The van der Waals surface area contributed by atoms with Crippen LogP contribution < -0.4 is 33.8 Å². The molecule has 3 aromatic rings. The second kappa shape index (κ2) is 12.1. The van der Waals surface area contributed by atoms with Gasteiger partial charge in [-0.1, -0.05) is 11.3 Å². The first kappa shape index (κ1) is 29.1. The van der Waals surface area contributed by atoms with Crippen LogP contribution in [0.1, 0.15) is 37.9 Å². The topological polar surface area (TPSA) is 115 Å². The number of esters is 2. The standard InChI is InChI=1S/C28H27BrN2O8S/c1-7-38-27(34)23-14(2)30-28-31(24(23)18-13-17(35-4)8-9-20(18)36-5)26(33)22(40-28)12-16-10-19(29)25(39-15(3)32)21(11-16)37-6/h8-13,24H,7H2,1-6H3/b22-12-/t24-/m1/s1. The summed E-state index contributed by atoms with van der Waals surface area (Å²) in [4.78, 5) is 43.7. The number of ether oxygens (including phenoxy) is 5. The van der Waals surface area contributed by atoms with Crippen molar-refractivity contribution in [3.63, 3.8) is 0 Å². The molecular formula is C28H27BrN2O8S. The van der Waals surface area contributed by atoms with Crippen LogP contribution in [0.15, 0.2) is 55.9 Å². The number of benzene rings is 2. The summed E-state index contributed by atoms with van der Waals surface area (Å²) >= 11 is 4.58. The van der Waals surface area contributed by atoms with Crippen molar-refractivity contribution in [1.82, 2.24) is 4.57 Å². The maximum Gasteiger partial charge on any atom is 0.338 e. The monoisotopic (exact) mass is 630 g/mol. The average Bonchev–Trinajstić information content (AvgIpc) is 3.22. The van der Waals surface area contributed by atoms with Crippen LogP contribution in [0.3, 0.4) is 0 Å². The van der Waals surface area contributed by atoms with Crippen LogP contribution in [-0.2, 0) is 14.3 Å². The Morgan fingerprint density at radius 1 is 1.10 bits per heavy atom. The van der Waals surface area contributed by atoms with E-state index in [-0.39, 0.29) is 23.5 Å². The molecule has 210 valence electrons. The predicted molar refractivity (Wildman–Crippen MR) is 152 cm³/mol. The molecule has 40 heavy (non-hydrogen) atoms. The van der Waals surface area contributed by atoms with Crippen molar-refractivity contribution < 1.29 is 33.3 Å². The van der Waals surface area contributed by atoms with Crippen molar-refractivity contribution in [2.45, 2.75) is 26.8 Å². The number of nitrogens with zero attached hydrogens (tertiary/aromatic N) is 2. The van der Waals surface area contributed by atoms with Crippen molar-refractivity contribution >= 4 is 45.3 Å². The van der Waals surface area contributed by atoms with Gasteiger partial charge in [0.1, 0.15) is 17.5 Å². The minimum atomic E-state index is -0.880. The van der Waals surface area contributed by atoms with E-state index in [9.17, 15) is 14.4 Å². The van der Waals surface area contributed by atoms with Gasteiger partial charge in [0.15, 0.2) is 16.3 Å². The molecule has 0 saturated heterocycles. The van der Waals surface area contributed by atoms with E-state index in [0.717, 1.165) is 0 Å². The van der Waals surface area contributed by atoms with Crippen molar-refractivity contribution in [2.24, 2.45) is 4.99 Å². The molecule has 0 radical (unpaired) electrons. The number of halogens is 1. The van der Waals surface area contributed by atoms with E-state index in [4.69, 9.17) is 23.7 Å². The average molecular weight is 632 g/mol. The Bertz CT molecular complexity index is 1710. The van der Waals surface area contributed by atoms with Crippen LogP contribution in [-0.4, -0.2) is 44.4 Å². The van der Waals surface area contributed by atoms with Crippen LogP contribution >= 0.6 is 27.3 Å². The van der Waals surface area contributed by atoms with Gasteiger partial charge < -0.3 is 23.7 Å². The number of carbonyl (C=O) groups excluding carboxylic acids is 2. The van der Waals surface area contributed by atoms with Gasteiger partial charge >= 0.3 is 11.9 Å². The number of rotatable bonds is 8. The van der Waals surface area contributed by atoms with Gasteiger partial charge in [-0.05, 0) is 71.7 Å². The molecule has 0 unspecified atom stereocenters. The maximum absolute atomic E-state index is 14.0. The van der Waals surface area contributed by atoms with Crippen LogP contribution in [0.25, 0.3) is 6.08 Å². The lowest BCUT2D eigenvalue weighted by Gasteiger charge is -2.26. The largest absolute Gasteiger partial charge is 0.497 e. The van der Waals surface area contributed by atoms with E-state index >= 15 is 0 Å². The van der Waals surface area contributed by atoms with E-state index in [1.54, 1.807) is 50.3 Å². The smallest absolute Gasteiger partial charge is 0.338 e. The minimum Gasteiger partial charge on any atom is -0.497 e. The molecule has 0 amide bonds. The summed E-state index contributed by atoms with van der Waals surface area (Å²) in [5.41, 5.74) is 1.44. The lowest BCUT2D eigenvalue weighted by molar-refractivity contribution is -0.139. The highest BCUT2D eigenvalue weighted by Gasteiger charge is 2.35. The van der Waals surface area contributed by atoms with Gasteiger partial charge in [0.2, 0.25) is 0 Å². The van der Waals surface area contributed by atoms with Gasteiger partial charge in [0.25, 0.3) is 5.56 Å². The highest BCUT2D eigenvalue weighted by molar-refractivity contribution is 9.10. The fraction of sp³-hybridized carbons (Fsp3) is 0.286. The Hall–Kier alpha value is -3.90. The molecule has 10 nitrogen and oxygen atoms in total. The Morgan fingerprint density at radius 2 is 1.82 bits per heavy atom. The first-order valence-corrected chi connectivity index (χ1v) is 13.7. The van der Waals surface area contributed by atoms with Crippen molar-refractivity contribution in [3.8, 4) is 23.0 Å². The number of allylic oxidation sites excluding steroid dienone is 1. The summed E-state index contributed by atoms with van der Waals surface area (Å²) in [5.74, 6) is 0.451. The SMILES string of the molecule is CCOC(=O)C1=C(C)N=c2s/c(=C\c3cc(Br)c(OC(C)=O)c(OC)c3)c(=O)n2[C@@H]1c1cc(OC)ccc1OC. The number of thiazole rings is 1. The van der Waals surface area contributed by atoms with E-state index in [0.29, 0.717) is 47.9 Å². The van der Waals surface area contributed by atoms with E-state index in [1.807, 2.05) is 0 Å². The van der Waals surface area contributed by atoms with Crippen LogP contribution in [0.2, 0.25) is 0 Å². The van der Waals surface area contributed by atoms with E-state index < -0.39 is 18.0 Å². The van der Waals surface area contributed by atoms with E-state index in [1.165, 1.54) is 44.2 Å². The molecular weight excluding hydrogens is 604 g/mol. The first-order chi connectivity index (χ1) is 19.1. The Balaban J connectivity index is 1.98. The van der Waals surface area contributed by atoms with Crippen LogP contribution in [0, 0.1) is 0 Å². The third-order valence-electron chi connectivity index (χ3n) is 6.04. The number of carbonyl (C=O) groups is 2. The lowest BCUT2D eigenvalue weighted by atomic mass is 9.94. The summed E-state index contributed by atoms with van der Waals surface area (Å²) in [6.45, 7) is 4.87. The fourth-order valence-electron chi connectivity index (χ4n) is 4.36. The summed E-state index contributed by atoms with van der Waals surface area (Å²) < 4.78 is 29.4. The molecule has 1 aromatic heterocycles. The summed E-state index contributed by atoms with van der Waals surface area (Å²) in [5, 5.41) is 0. The fourth-order valence-corrected chi connectivity index (χ4v) is 5.94. The van der Waals surface area contributed by atoms with Gasteiger partial charge in [0.05, 0.1) is 48.2 Å². The molecule has 2 aromatic carbocycles. The molecule has 2 heterocycles. The Kier molecular flexibility index (Phi) is 8.79. The molecule has 0 N–H and O–H groups in total. The number of hydrogen-bond donors (Lipinski definition) is 0. The van der Waals surface area contributed by atoms with Crippen LogP contribution in [0.4, 0.5) is 0 Å². The molecule has 0 fully saturated rings. The molecule has 0 aliphatic carbocycles. The third kappa shape index (κ3) is 5.54. The molecule has 0 bridgehead atoms. The summed E-state index contributed by atoms with van der Waals surface area (Å²) in [6, 6.07) is 7.66. The van der Waals surface area contributed by atoms with Crippen molar-refractivity contribution in [3.05, 3.63) is 76.9 Å². The van der Waals surface area contributed by atoms with Gasteiger partial charge in [-0.15, -0.1) is 0 Å². The normalized spacial score (nSPS) is 14.8. The zero-order valence-corrected chi connectivity index (χ0v) is 25.1. The quantitative estimate of drug-likeness (QED) is 0.274. The molecule has 1 aliphatic heterocycles. The minimum absolute atomic E-state index is 0.155. The van der Waals surface area contributed by atoms with Crippen LogP contribution in [0.5, 0.6) is 23.0 Å². The summed E-state index contributed by atoms with van der Waals surface area (Å²) in [7, 11) is 4.50. The number of fused-ring (bicyclic) bond motifs is 1. The van der Waals surface area contributed by atoms with Crippen molar-refractivity contribution in [2.75, 3.05) is 27.9 Å². The first-order valence-electron chi connectivity index (χ1n) is 12.1. The number of methoxy groups -OCH3 is 3. The number of aromatic nitrogens is 1. The lowest BCUT2D eigenvalue weighted by Crippen LogP contribution is -2.40. The van der Waals surface area contributed by atoms with E-state index in [2.05, 4.69) is 20.9 Å². The molecule has 4 rings (SSSR count). The molecule has 12 heteroatoms. The molecule has 1 aliphatic rings. The highest BCUT2D eigenvalue weighted by atomic mass is 79.9. The second-order valence-electron chi connectivity index (χ2n) is 8.54. The Morgan fingerprint density at radius 3 is 2.45 bits per heavy atom. The Labute approximate surface area is 242 Å². The molecule has 0 spiro atoms.